The number of anilines is 2. The molecule has 4 N–H and O–H groups in total. The molecule has 6 heteroatoms. The first-order valence-electron chi connectivity index (χ1n) is 6.56. The molecule has 0 fully saturated rings. The van der Waals surface area contributed by atoms with Crippen molar-refractivity contribution < 1.29 is 5.11 Å². The first-order valence-corrected chi connectivity index (χ1v) is 7.85. The molecule has 0 radical (unpaired) electrons. The van der Waals surface area contributed by atoms with Gasteiger partial charge in [-0.3, -0.25) is 0 Å². The van der Waals surface area contributed by atoms with E-state index in [0.717, 1.165) is 30.0 Å². The lowest BCUT2D eigenvalue weighted by Crippen LogP contribution is -2.32. The molecule has 1 aromatic rings. The number of nitrogens with one attached hydrogen (secondary N) is 1. The predicted molar refractivity (Wildman–Crippen MR) is 82.6 cm³/mol. The van der Waals surface area contributed by atoms with E-state index in [-0.39, 0.29) is 17.9 Å². The minimum absolute atomic E-state index is 0.113. The van der Waals surface area contributed by atoms with Crippen LogP contribution in [0.2, 0.25) is 0 Å². The fourth-order valence-corrected chi connectivity index (χ4v) is 2.43. The number of rotatable bonds is 7. The standard InChI is InChI=1S/C13H24N4OS/c1-5-6-11-16-12(14)8(2)13(17-11)15-9(3)10(7-18)19-4/h9-10,18H,5-7H2,1-4H3,(H3,14,15,16,17). The smallest absolute Gasteiger partial charge is 0.135 e. The van der Waals surface area contributed by atoms with Crippen molar-refractivity contribution in [3.8, 4) is 0 Å². The van der Waals surface area contributed by atoms with Crippen LogP contribution in [-0.4, -0.2) is 39.2 Å². The van der Waals surface area contributed by atoms with Crippen molar-refractivity contribution >= 4 is 23.4 Å². The third-order valence-corrected chi connectivity index (χ3v) is 4.27. The third-order valence-electron chi connectivity index (χ3n) is 3.11. The van der Waals surface area contributed by atoms with Gasteiger partial charge in [0.2, 0.25) is 0 Å². The van der Waals surface area contributed by atoms with Crippen molar-refractivity contribution in [2.45, 2.75) is 44.9 Å². The van der Waals surface area contributed by atoms with Gasteiger partial charge in [0.1, 0.15) is 17.5 Å². The molecule has 1 aromatic heterocycles. The molecule has 0 aromatic carbocycles. The summed E-state index contributed by atoms with van der Waals surface area (Å²) in [5, 5.41) is 12.8. The summed E-state index contributed by atoms with van der Waals surface area (Å²) in [5.74, 6) is 2.07. The summed E-state index contributed by atoms with van der Waals surface area (Å²) in [5.41, 5.74) is 6.79. The minimum atomic E-state index is 0.113. The number of aryl methyl sites for hydroxylation is 1. The van der Waals surface area contributed by atoms with Gasteiger partial charge in [0.05, 0.1) is 6.61 Å². The first kappa shape index (κ1) is 16.0. The first-order chi connectivity index (χ1) is 9.03. The number of hydrogen-bond donors (Lipinski definition) is 3. The van der Waals surface area contributed by atoms with Crippen LogP contribution >= 0.6 is 11.8 Å². The van der Waals surface area contributed by atoms with Gasteiger partial charge in [0.15, 0.2) is 0 Å². The molecule has 1 heterocycles. The van der Waals surface area contributed by atoms with Crippen LogP contribution in [0.4, 0.5) is 11.6 Å². The SMILES string of the molecule is CCCc1nc(N)c(C)c(NC(C)C(CO)SC)n1. The van der Waals surface area contributed by atoms with E-state index >= 15 is 0 Å². The second-order valence-corrected chi connectivity index (χ2v) is 5.72. The molecule has 0 bridgehead atoms. The summed E-state index contributed by atoms with van der Waals surface area (Å²) in [6, 6.07) is 0.113. The fourth-order valence-electron chi connectivity index (χ4n) is 1.80. The maximum atomic E-state index is 9.32. The molecule has 0 amide bonds. The molecule has 1 rings (SSSR count). The molecular formula is C13H24N4OS. The Morgan fingerprint density at radius 1 is 1.42 bits per heavy atom. The second kappa shape index (κ2) is 7.55. The number of nitrogens with zero attached hydrogens (tertiary/aromatic N) is 2. The number of nitrogen functional groups attached to an aromatic ring is 1. The van der Waals surface area contributed by atoms with Gasteiger partial charge in [-0.05, 0) is 26.5 Å². The average Bonchev–Trinajstić information content (AvgIpc) is 2.37. The van der Waals surface area contributed by atoms with Crippen molar-refractivity contribution in [1.29, 1.82) is 0 Å². The van der Waals surface area contributed by atoms with Crippen LogP contribution in [0.15, 0.2) is 0 Å². The number of aliphatic hydroxyl groups excluding tert-OH is 1. The Bertz CT molecular complexity index is 410. The predicted octanol–water partition coefficient (Wildman–Crippen LogP) is 1.84. The van der Waals surface area contributed by atoms with Crippen LogP contribution in [0.25, 0.3) is 0 Å². The molecule has 108 valence electrons. The highest BCUT2D eigenvalue weighted by Gasteiger charge is 2.17. The molecule has 0 aliphatic carbocycles. The van der Waals surface area contributed by atoms with Gasteiger partial charge >= 0.3 is 0 Å². The average molecular weight is 284 g/mol. The molecule has 0 saturated carbocycles. The monoisotopic (exact) mass is 284 g/mol. The molecule has 2 atom stereocenters. The summed E-state index contributed by atoms with van der Waals surface area (Å²) in [6.45, 7) is 6.17. The zero-order chi connectivity index (χ0) is 14.4. The number of aliphatic hydroxyl groups is 1. The number of aromatic nitrogens is 2. The Hall–Kier alpha value is -1.01. The summed E-state index contributed by atoms with van der Waals surface area (Å²) < 4.78 is 0. The van der Waals surface area contributed by atoms with E-state index < -0.39 is 0 Å². The van der Waals surface area contributed by atoms with Gasteiger partial charge in [-0.15, -0.1) is 0 Å². The lowest BCUT2D eigenvalue weighted by Gasteiger charge is -2.23. The van der Waals surface area contributed by atoms with Crippen molar-refractivity contribution in [2.24, 2.45) is 0 Å². The molecule has 0 aliphatic rings. The van der Waals surface area contributed by atoms with Gasteiger partial charge in [-0.25, -0.2) is 9.97 Å². The Morgan fingerprint density at radius 2 is 2.11 bits per heavy atom. The van der Waals surface area contributed by atoms with Gasteiger partial charge < -0.3 is 16.2 Å². The van der Waals surface area contributed by atoms with Gasteiger partial charge in [0.25, 0.3) is 0 Å². The van der Waals surface area contributed by atoms with E-state index in [9.17, 15) is 5.11 Å². The quantitative estimate of drug-likeness (QED) is 0.708. The normalized spacial score (nSPS) is 14.2. The van der Waals surface area contributed by atoms with Crippen molar-refractivity contribution in [2.75, 3.05) is 23.9 Å². The van der Waals surface area contributed by atoms with Crippen LogP contribution in [-0.2, 0) is 6.42 Å². The van der Waals surface area contributed by atoms with Crippen LogP contribution in [0.1, 0.15) is 31.7 Å². The maximum absolute atomic E-state index is 9.32. The van der Waals surface area contributed by atoms with E-state index in [4.69, 9.17) is 5.73 Å². The number of hydrogen-bond acceptors (Lipinski definition) is 6. The topological polar surface area (TPSA) is 84.1 Å². The van der Waals surface area contributed by atoms with Crippen LogP contribution in [0, 0.1) is 6.92 Å². The Kier molecular flexibility index (Phi) is 6.37. The van der Waals surface area contributed by atoms with E-state index in [1.54, 1.807) is 11.8 Å². The van der Waals surface area contributed by atoms with Crippen LogP contribution in [0.5, 0.6) is 0 Å². The molecule has 5 nitrogen and oxygen atoms in total. The summed E-state index contributed by atoms with van der Waals surface area (Å²) in [4.78, 5) is 8.81. The largest absolute Gasteiger partial charge is 0.395 e. The van der Waals surface area contributed by atoms with Crippen LogP contribution in [0.3, 0.4) is 0 Å². The zero-order valence-corrected chi connectivity index (χ0v) is 12.9. The van der Waals surface area contributed by atoms with Gasteiger partial charge in [-0.1, -0.05) is 6.92 Å². The van der Waals surface area contributed by atoms with Crippen molar-refractivity contribution in [3.63, 3.8) is 0 Å². The van der Waals surface area contributed by atoms with Crippen LogP contribution < -0.4 is 11.1 Å². The molecule has 0 spiro atoms. The lowest BCUT2D eigenvalue weighted by atomic mass is 10.2. The van der Waals surface area contributed by atoms with E-state index in [1.807, 2.05) is 20.1 Å². The number of thioether (sulfide) groups is 1. The van der Waals surface area contributed by atoms with Crippen molar-refractivity contribution in [1.82, 2.24) is 9.97 Å². The summed E-state index contributed by atoms with van der Waals surface area (Å²) in [7, 11) is 0. The molecule has 2 unspecified atom stereocenters. The molecule has 0 saturated heterocycles. The highest BCUT2D eigenvalue weighted by Crippen LogP contribution is 2.21. The number of nitrogens with two attached hydrogens (primary N) is 1. The van der Waals surface area contributed by atoms with Gasteiger partial charge in [0, 0.05) is 23.3 Å². The molecule has 0 aliphatic heterocycles. The van der Waals surface area contributed by atoms with E-state index in [2.05, 4.69) is 22.2 Å². The molecule has 19 heavy (non-hydrogen) atoms. The highest BCUT2D eigenvalue weighted by atomic mass is 32.2. The Balaban J connectivity index is 2.92. The van der Waals surface area contributed by atoms with Gasteiger partial charge in [-0.2, -0.15) is 11.8 Å². The second-order valence-electron chi connectivity index (χ2n) is 4.64. The van der Waals surface area contributed by atoms with E-state index in [0.29, 0.717) is 5.82 Å². The summed E-state index contributed by atoms with van der Waals surface area (Å²) in [6.07, 6.45) is 3.80. The zero-order valence-electron chi connectivity index (χ0n) is 12.1. The third kappa shape index (κ3) is 4.24. The Morgan fingerprint density at radius 3 is 2.63 bits per heavy atom. The molecular weight excluding hydrogens is 260 g/mol. The highest BCUT2D eigenvalue weighted by molar-refractivity contribution is 7.99. The fraction of sp³-hybridized carbons (Fsp3) is 0.692. The minimum Gasteiger partial charge on any atom is -0.395 e. The Labute approximate surface area is 119 Å². The summed E-state index contributed by atoms with van der Waals surface area (Å²) >= 11 is 1.63. The van der Waals surface area contributed by atoms with Crippen molar-refractivity contribution in [3.05, 3.63) is 11.4 Å². The lowest BCUT2D eigenvalue weighted by molar-refractivity contribution is 0.288. The van der Waals surface area contributed by atoms with E-state index in [1.165, 1.54) is 0 Å². The maximum Gasteiger partial charge on any atom is 0.135 e.